The number of aliphatic hydroxyl groups is 1. The summed E-state index contributed by atoms with van der Waals surface area (Å²) in [6.45, 7) is 2.27. The lowest BCUT2D eigenvalue weighted by molar-refractivity contribution is 0.276. The van der Waals surface area contributed by atoms with Crippen LogP contribution in [-0.2, 0) is 13.2 Å². The molecule has 2 rings (SSSR count). The minimum atomic E-state index is -0.0157. The molecule has 0 atom stereocenters. The van der Waals surface area contributed by atoms with Crippen LogP contribution in [0.5, 0.6) is 11.5 Å². The van der Waals surface area contributed by atoms with E-state index in [1.54, 1.807) is 6.07 Å². The first-order valence-corrected chi connectivity index (χ1v) is 6.65. The monoisotopic (exact) mass is 283 g/mol. The molecule has 21 heavy (non-hydrogen) atoms. The number of hydrogen-bond acceptors (Lipinski definition) is 4. The molecule has 0 aliphatic carbocycles. The second kappa shape index (κ2) is 7.32. The van der Waals surface area contributed by atoms with Crippen molar-refractivity contribution in [3.63, 3.8) is 0 Å². The molecule has 2 aromatic rings. The van der Waals surface area contributed by atoms with Crippen LogP contribution in [-0.4, -0.2) is 11.7 Å². The molecular formula is C17H17NO3. The van der Waals surface area contributed by atoms with E-state index in [0.717, 1.165) is 16.7 Å². The van der Waals surface area contributed by atoms with Gasteiger partial charge in [-0.15, -0.1) is 0 Å². The van der Waals surface area contributed by atoms with E-state index in [1.165, 1.54) is 0 Å². The number of nitrogens with zero attached hydrogens (tertiary/aromatic N) is 1. The van der Waals surface area contributed by atoms with E-state index in [1.807, 2.05) is 49.4 Å². The van der Waals surface area contributed by atoms with E-state index in [4.69, 9.17) is 19.8 Å². The molecule has 0 spiro atoms. The number of ether oxygens (including phenoxy) is 2. The molecule has 2 aromatic carbocycles. The fraction of sp³-hybridized carbons (Fsp3) is 0.235. The summed E-state index contributed by atoms with van der Waals surface area (Å²) in [5, 5.41) is 17.8. The van der Waals surface area contributed by atoms with Crippen molar-refractivity contribution in [2.45, 2.75) is 20.1 Å². The zero-order valence-corrected chi connectivity index (χ0v) is 11.9. The highest BCUT2D eigenvalue weighted by Crippen LogP contribution is 2.25. The number of aliphatic hydroxyl groups excluding tert-OH is 1. The average molecular weight is 283 g/mol. The Kier molecular flexibility index (Phi) is 5.19. The third kappa shape index (κ3) is 3.98. The quantitative estimate of drug-likeness (QED) is 0.885. The van der Waals surface area contributed by atoms with Crippen molar-refractivity contribution in [3.8, 4) is 17.6 Å². The lowest BCUT2D eigenvalue weighted by atomic mass is 10.1. The topological polar surface area (TPSA) is 62.5 Å². The average Bonchev–Trinajstić information content (AvgIpc) is 2.52. The summed E-state index contributed by atoms with van der Waals surface area (Å²) in [4.78, 5) is 0. The third-order valence-electron chi connectivity index (χ3n) is 3.05. The van der Waals surface area contributed by atoms with Gasteiger partial charge in [0.05, 0.1) is 6.61 Å². The minimum absolute atomic E-state index is 0.0118. The van der Waals surface area contributed by atoms with Crippen molar-refractivity contribution < 1.29 is 14.6 Å². The molecule has 4 nitrogen and oxygen atoms in total. The fourth-order valence-corrected chi connectivity index (χ4v) is 2.03. The highest BCUT2D eigenvalue weighted by atomic mass is 16.5. The lowest BCUT2D eigenvalue weighted by Gasteiger charge is -2.13. The van der Waals surface area contributed by atoms with Crippen molar-refractivity contribution in [2.24, 2.45) is 0 Å². The van der Waals surface area contributed by atoms with Crippen molar-refractivity contribution in [1.29, 1.82) is 5.26 Å². The Hall–Kier alpha value is -2.51. The molecule has 0 heterocycles. The van der Waals surface area contributed by atoms with Gasteiger partial charge in [-0.1, -0.05) is 30.3 Å². The predicted molar refractivity (Wildman–Crippen MR) is 79.0 cm³/mol. The minimum Gasteiger partial charge on any atom is -0.489 e. The van der Waals surface area contributed by atoms with E-state index in [2.05, 4.69) is 0 Å². The highest BCUT2D eigenvalue weighted by Gasteiger charge is 2.08. The molecule has 0 amide bonds. The highest BCUT2D eigenvalue weighted by molar-refractivity contribution is 5.41. The van der Waals surface area contributed by atoms with Gasteiger partial charge in [0.2, 0.25) is 0 Å². The molecule has 0 bridgehead atoms. The summed E-state index contributed by atoms with van der Waals surface area (Å²) in [5.74, 6) is 1.38. The van der Waals surface area contributed by atoms with Gasteiger partial charge in [0.1, 0.15) is 24.2 Å². The van der Waals surface area contributed by atoms with Gasteiger partial charge in [-0.05, 0) is 30.2 Å². The largest absolute Gasteiger partial charge is 0.489 e. The molecule has 0 aliphatic rings. The molecular weight excluding hydrogens is 266 g/mol. The SMILES string of the molecule is Cc1cccc(COc2cccc(CO)c2)c1OCC#N. The predicted octanol–water partition coefficient (Wildman–Crippen LogP) is 2.97. The van der Waals surface area contributed by atoms with Crippen molar-refractivity contribution in [3.05, 3.63) is 59.2 Å². The van der Waals surface area contributed by atoms with Gasteiger partial charge in [-0.2, -0.15) is 5.26 Å². The Morgan fingerprint density at radius 1 is 1.14 bits per heavy atom. The zero-order chi connectivity index (χ0) is 15.1. The molecule has 0 saturated carbocycles. The molecule has 0 aromatic heterocycles. The smallest absolute Gasteiger partial charge is 0.174 e. The van der Waals surface area contributed by atoms with Gasteiger partial charge < -0.3 is 14.6 Å². The molecule has 0 unspecified atom stereocenters. The molecule has 0 fully saturated rings. The lowest BCUT2D eigenvalue weighted by Crippen LogP contribution is -2.03. The van der Waals surface area contributed by atoms with Gasteiger partial charge in [0, 0.05) is 5.56 Å². The molecule has 108 valence electrons. The second-order valence-electron chi connectivity index (χ2n) is 4.60. The van der Waals surface area contributed by atoms with Crippen LogP contribution in [0.3, 0.4) is 0 Å². The number of benzene rings is 2. The molecule has 4 heteroatoms. The zero-order valence-electron chi connectivity index (χ0n) is 11.9. The van der Waals surface area contributed by atoms with Crippen molar-refractivity contribution >= 4 is 0 Å². The normalized spacial score (nSPS) is 9.95. The Morgan fingerprint density at radius 2 is 1.95 bits per heavy atom. The van der Waals surface area contributed by atoms with Crippen LogP contribution < -0.4 is 9.47 Å². The van der Waals surface area contributed by atoms with E-state index in [9.17, 15) is 0 Å². The summed E-state index contributed by atoms with van der Waals surface area (Å²) < 4.78 is 11.2. The first kappa shape index (κ1) is 14.9. The van der Waals surface area contributed by atoms with Gasteiger partial charge >= 0.3 is 0 Å². The van der Waals surface area contributed by atoms with E-state index in [-0.39, 0.29) is 13.2 Å². The van der Waals surface area contributed by atoms with Gasteiger partial charge in [-0.3, -0.25) is 0 Å². The van der Waals surface area contributed by atoms with Gasteiger partial charge in [0.25, 0.3) is 0 Å². The summed E-state index contributed by atoms with van der Waals surface area (Å²) in [6, 6.07) is 15.0. The second-order valence-corrected chi connectivity index (χ2v) is 4.60. The summed E-state index contributed by atoms with van der Waals surface area (Å²) in [7, 11) is 0. The van der Waals surface area contributed by atoms with E-state index < -0.39 is 0 Å². The van der Waals surface area contributed by atoms with Crippen LogP contribution in [0.4, 0.5) is 0 Å². The van der Waals surface area contributed by atoms with Crippen LogP contribution in [0.15, 0.2) is 42.5 Å². The van der Waals surface area contributed by atoms with Crippen LogP contribution in [0.25, 0.3) is 0 Å². The van der Waals surface area contributed by atoms with Gasteiger partial charge in [0.15, 0.2) is 6.61 Å². The number of aryl methyl sites for hydroxylation is 1. The Labute approximate surface area is 124 Å². The Morgan fingerprint density at radius 3 is 2.71 bits per heavy atom. The molecule has 0 radical (unpaired) electrons. The molecule has 0 aliphatic heterocycles. The standard InChI is InChI=1S/C17H17NO3/c1-13-4-2-6-15(17(13)20-9-8-18)12-21-16-7-3-5-14(10-16)11-19/h2-7,10,19H,9,11-12H2,1H3. The third-order valence-corrected chi connectivity index (χ3v) is 3.05. The van der Waals surface area contributed by atoms with Crippen molar-refractivity contribution in [2.75, 3.05) is 6.61 Å². The van der Waals surface area contributed by atoms with Crippen LogP contribution >= 0.6 is 0 Å². The van der Waals surface area contributed by atoms with Crippen molar-refractivity contribution in [1.82, 2.24) is 0 Å². The number of rotatable bonds is 6. The van der Waals surface area contributed by atoms with Gasteiger partial charge in [-0.25, -0.2) is 0 Å². The number of para-hydroxylation sites is 1. The first-order chi connectivity index (χ1) is 10.2. The summed E-state index contributed by atoms with van der Waals surface area (Å²) in [5.41, 5.74) is 2.66. The molecule has 0 saturated heterocycles. The summed E-state index contributed by atoms with van der Waals surface area (Å²) >= 11 is 0. The maximum atomic E-state index is 9.12. The van der Waals surface area contributed by atoms with Crippen LogP contribution in [0.1, 0.15) is 16.7 Å². The maximum Gasteiger partial charge on any atom is 0.174 e. The first-order valence-electron chi connectivity index (χ1n) is 6.65. The Bertz CT molecular complexity index is 647. The van der Waals surface area contributed by atoms with E-state index in [0.29, 0.717) is 18.1 Å². The molecule has 1 N–H and O–H groups in total. The van der Waals surface area contributed by atoms with Crippen LogP contribution in [0.2, 0.25) is 0 Å². The number of hydrogen-bond donors (Lipinski definition) is 1. The maximum absolute atomic E-state index is 9.12. The van der Waals surface area contributed by atoms with E-state index >= 15 is 0 Å². The summed E-state index contributed by atoms with van der Waals surface area (Å²) in [6.07, 6.45) is 0. The van der Waals surface area contributed by atoms with Crippen LogP contribution in [0, 0.1) is 18.3 Å². The Balaban J connectivity index is 2.12. The fourth-order valence-electron chi connectivity index (χ4n) is 2.03. The number of nitriles is 1.